The largest absolute Gasteiger partial charge is 0.380 e. The van der Waals surface area contributed by atoms with E-state index < -0.39 is 10.3 Å². The van der Waals surface area contributed by atoms with Gasteiger partial charge >= 0.3 is 10.3 Å². The Kier molecular flexibility index (Phi) is 7.78. The van der Waals surface area contributed by atoms with Crippen LogP contribution in [0.3, 0.4) is 0 Å². The third-order valence-electron chi connectivity index (χ3n) is 6.38. The number of Topliss-reactive ketones (excluding diaryl/α,β-unsaturated/α-hetero) is 1. The molecule has 2 aromatic rings. The molecule has 0 spiro atoms. The fourth-order valence-electron chi connectivity index (χ4n) is 4.87. The second kappa shape index (κ2) is 10.2. The van der Waals surface area contributed by atoms with Crippen LogP contribution in [0.15, 0.2) is 36.4 Å². The van der Waals surface area contributed by atoms with Crippen molar-refractivity contribution < 1.29 is 17.4 Å². The molecule has 3 rings (SSSR count). The number of carbonyl (C=O) groups excluding carboxylic acids is 1. The highest BCUT2D eigenvalue weighted by atomic mass is 32.2. The molecule has 0 atom stereocenters. The third-order valence-corrected chi connectivity index (χ3v) is 6.78. The zero-order valence-electron chi connectivity index (χ0n) is 19.6. The fraction of sp³-hybridized carbons (Fsp3) is 0.500. The molecule has 0 amide bonds. The molecule has 0 bridgehead atoms. The summed E-state index contributed by atoms with van der Waals surface area (Å²) in [4.78, 5) is 13.5. The molecular weight excluding hydrogens is 422 g/mol. The van der Waals surface area contributed by atoms with Gasteiger partial charge in [-0.15, -0.1) is 0 Å². The minimum Gasteiger partial charge on any atom is -0.370 e. The topological polar surface area (TPSA) is 86.5 Å². The molecule has 5 nitrogen and oxygen atoms in total. The highest BCUT2D eigenvalue weighted by molar-refractivity contribution is 7.84. The van der Waals surface area contributed by atoms with Gasteiger partial charge in [0.2, 0.25) is 0 Å². The Bertz CT molecular complexity index is 1070. The molecule has 0 radical (unpaired) electrons. The summed E-state index contributed by atoms with van der Waals surface area (Å²) in [6.07, 6.45) is 6.35. The van der Waals surface area contributed by atoms with Crippen LogP contribution >= 0.6 is 0 Å². The molecule has 1 aliphatic rings. The number of carbonyl (C=O) groups is 1. The fourth-order valence-corrected chi connectivity index (χ4v) is 5.29. The number of hydrogen-bond acceptors (Lipinski definition) is 4. The van der Waals surface area contributed by atoms with Crippen LogP contribution in [-0.4, -0.2) is 14.2 Å². The number of hydrogen-bond donors (Lipinski definition) is 1. The summed E-state index contributed by atoms with van der Waals surface area (Å²) >= 11 is 0. The number of benzene rings is 2. The van der Waals surface area contributed by atoms with Crippen LogP contribution in [0.25, 0.3) is 0 Å². The third kappa shape index (κ3) is 5.78. The van der Waals surface area contributed by atoms with Crippen molar-refractivity contribution in [3.8, 4) is 5.75 Å². The van der Waals surface area contributed by atoms with E-state index in [9.17, 15) is 13.2 Å². The van der Waals surface area contributed by atoms with Crippen LogP contribution in [0.2, 0.25) is 0 Å². The first-order chi connectivity index (χ1) is 15.1. The molecule has 1 aliphatic carbocycles. The predicted octanol–water partition coefficient (Wildman–Crippen LogP) is 5.99. The first-order valence-corrected chi connectivity index (χ1v) is 13.1. The maximum absolute atomic E-state index is 13.5. The first-order valence-electron chi connectivity index (χ1n) is 11.6. The van der Waals surface area contributed by atoms with E-state index in [0.717, 1.165) is 24.0 Å². The lowest BCUT2D eigenvalue weighted by Gasteiger charge is -2.25. The Morgan fingerprint density at radius 3 is 2.25 bits per heavy atom. The van der Waals surface area contributed by atoms with Gasteiger partial charge in [-0.1, -0.05) is 83.4 Å². The Morgan fingerprint density at radius 1 is 1.00 bits per heavy atom. The molecule has 1 fully saturated rings. The van der Waals surface area contributed by atoms with Crippen molar-refractivity contribution in [1.82, 2.24) is 0 Å². The highest BCUT2D eigenvalue weighted by Gasteiger charge is 2.26. The van der Waals surface area contributed by atoms with E-state index in [1.165, 1.54) is 24.8 Å². The summed E-state index contributed by atoms with van der Waals surface area (Å²) in [6.45, 7) is 7.78. The highest BCUT2D eigenvalue weighted by Crippen LogP contribution is 2.39. The second-order valence-corrected chi connectivity index (χ2v) is 10.6. The first kappa shape index (κ1) is 24.5. The van der Waals surface area contributed by atoms with Gasteiger partial charge in [0, 0.05) is 17.5 Å². The average Bonchev–Trinajstić information content (AvgIpc) is 2.72. The van der Waals surface area contributed by atoms with E-state index in [0.29, 0.717) is 17.0 Å². The van der Waals surface area contributed by atoms with Crippen molar-refractivity contribution in [3.05, 3.63) is 64.2 Å². The van der Waals surface area contributed by atoms with Crippen molar-refractivity contribution >= 4 is 16.1 Å². The van der Waals surface area contributed by atoms with Gasteiger partial charge < -0.3 is 4.18 Å². The Morgan fingerprint density at radius 2 is 1.66 bits per heavy atom. The van der Waals surface area contributed by atoms with Crippen molar-refractivity contribution in [1.29, 1.82) is 0 Å². The molecule has 174 valence electrons. The van der Waals surface area contributed by atoms with E-state index in [2.05, 4.69) is 6.07 Å². The monoisotopic (exact) mass is 457 g/mol. The molecule has 0 saturated heterocycles. The number of ketones is 1. The Hall–Kier alpha value is -2.18. The van der Waals surface area contributed by atoms with Crippen molar-refractivity contribution in [2.45, 2.75) is 84.0 Å². The van der Waals surface area contributed by atoms with E-state index in [4.69, 9.17) is 9.32 Å². The van der Waals surface area contributed by atoms with Crippen LogP contribution in [0.4, 0.5) is 0 Å². The van der Waals surface area contributed by atoms with Gasteiger partial charge in [0.05, 0.1) is 0 Å². The van der Waals surface area contributed by atoms with Gasteiger partial charge in [-0.2, -0.15) is 13.6 Å². The minimum atomic E-state index is -4.22. The van der Waals surface area contributed by atoms with Gasteiger partial charge in [-0.05, 0) is 47.3 Å². The van der Waals surface area contributed by atoms with Gasteiger partial charge in [0.15, 0.2) is 11.5 Å². The summed E-state index contributed by atoms with van der Waals surface area (Å²) in [5, 5.41) is 5.22. The van der Waals surface area contributed by atoms with E-state index >= 15 is 0 Å². The normalized spacial score (nSPS) is 15.3. The van der Waals surface area contributed by atoms with Crippen molar-refractivity contribution in [2.24, 2.45) is 5.14 Å². The molecular formula is C26H35NO4S. The lowest BCUT2D eigenvalue weighted by Crippen LogP contribution is -2.22. The smallest absolute Gasteiger partial charge is 0.370 e. The van der Waals surface area contributed by atoms with E-state index in [1.54, 1.807) is 6.07 Å². The molecule has 0 heterocycles. The molecule has 2 N–H and O–H groups in total. The maximum atomic E-state index is 13.5. The lowest BCUT2D eigenvalue weighted by atomic mass is 9.80. The average molecular weight is 458 g/mol. The number of rotatable bonds is 8. The molecule has 0 unspecified atom stereocenters. The van der Waals surface area contributed by atoms with Gasteiger partial charge in [-0.25, -0.2) is 0 Å². The molecule has 2 aromatic carbocycles. The van der Waals surface area contributed by atoms with E-state index in [-0.39, 0.29) is 29.8 Å². The molecule has 32 heavy (non-hydrogen) atoms. The zero-order valence-corrected chi connectivity index (χ0v) is 20.4. The van der Waals surface area contributed by atoms with Crippen LogP contribution in [0.5, 0.6) is 5.75 Å². The maximum Gasteiger partial charge on any atom is 0.380 e. The summed E-state index contributed by atoms with van der Waals surface area (Å²) in [5.74, 6) is 0.566. The zero-order chi connectivity index (χ0) is 23.5. The standard InChI is InChI=1S/C26H35NO4S/c1-17(2)21-14-15-23(25(18(3)4)26(21)31-32(27,29)30)24(28)16-20-12-8-9-13-22(20)19-10-6-5-7-11-19/h8-9,12-15,17-19H,5-7,10-11,16H2,1-4H3,(H2,27,29,30). The quantitative estimate of drug-likeness (QED) is 0.493. The van der Waals surface area contributed by atoms with Crippen LogP contribution in [0, 0.1) is 0 Å². The van der Waals surface area contributed by atoms with Crippen molar-refractivity contribution in [2.75, 3.05) is 0 Å². The van der Waals surface area contributed by atoms with Crippen LogP contribution in [-0.2, 0) is 16.7 Å². The Labute approximate surface area is 192 Å². The summed E-state index contributed by atoms with van der Waals surface area (Å²) in [5.41, 5.74) is 4.15. The van der Waals surface area contributed by atoms with E-state index in [1.807, 2.05) is 52.0 Å². The van der Waals surface area contributed by atoms with Gasteiger partial charge in [-0.3, -0.25) is 4.79 Å². The summed E-state index contributed by atoms with van der Waals surface area (Å²) in [6, 6.07) is 11.8. The predicted molar refractivity (Wildman–Crippen MR) is 129 cm³/mol. The molecule has 0 aromatic heterocycles. The van der Waals surface area contributed by atoms with Gasteiger partial charge in [0.25, 0.3) is 0 Å². The van der Waals surface area contributed by atoms with Crippen molar-refractivity contribution in [3.63, 3.8) is 0 Å². The second-order valence-electron chi connectivity index (χ2n) is 9.46. The molecule has 0 aliphatic heterocycles. The SMILES string of the molecule is CC(C)c1ccc(C(=O)Cc2ccccc2C2CCCCC2)c(C(C)C)c1OS(N)(=O)=O. The lowest BCUT2D eigenvalue weighted by molar-refractivity contribution is 0.0991. The summed E-state index contributed by atoms with van der Waals surface area (Å²) < 4.78 is 28.9. The molecule has 6 heteroatoms. The Balaban J connectivity index is 2.03. The summed E-state index contributed by atoms with van der Waals surface area (Å²) in [7, 11) is -4.22. The number of nitrogens with two attached hydrogens (primary N) is 1. The van der Waals surface area contributed by atoms with Crippen LogP contribution < -0.4 is 9.32 Å². The minimum absolute atomic E-state index is 0.0143. The molecule has 1 saturated carbocycles. The van der Waals surface area contributed by atoms with Gasteiger partial charge in [0.1, 0.15) is 0 Å². The van der Waals surface area contributed by atoms with Crippen LogP contribution in [0.1, 0.15) is 110 Å².